The fourth-order valence-corrected chi connectivity index (χ4v) is 4.16. The number of hydrogen-bond donors (Lipinski definition) is 0. The Kier molecular flexibility index (Phi) is 5.05. The SMILES string of the molecule is COc1ccc(S(=O)(=O)N2CCC(Oc3cnccn3)C2)cc1OC. The predicted octanol–water partition coefficient (Wildman–Crippen LogP) is 1.34. The van der Waals surface area contributed by atoms with E-state index in [0.29, 0.717) is 30.3 Å². The van der Waals surface area contributed by atoms with Crippen LogP contribution < -0.4 is 14.2 Å². The second-order valence-electron chi connectivity index (χ2n) is 5.45. The van der Waals surface area contributed by atoms with Crippen LogP contribution >= 0.6 is 0 Å². The molecule has 1 saturated heterocycles. The average Bonchev–Trinajstić information content (AvgIpc) is 3.11. The summed E-state index contributed by atoms with van der Waals surface area (Å²) in [4.78, 5) is 8.14. The molecule has 9 heteroatoms. The van der Waals surface area contributed by atoms with Crippen molar-refractivity contribution in [2.45, 2.75) is 17.4 Å². The first kappa shape index (κ1) is 17.4. The van der Waals surface area contributed by atoms with Gasteiger partial charge in [-0.25, -0.2) is 13.4 Å². The molecule has 0 bridgehead atoms. The first-order valence-electron chi connectivity index (χ1n) is 7.69. The lowest BCUT2D eigenvalue weighted by atomic mass is 10.3. The molecule has 1 unspecified atom stereocenters. The Morgan fingerprint density at radius 2 is 1.96 bits per heavy atom. The lowest BCUT2D eigenvalue weighted by molar-refractivity contribution is 0.206. The summed E-state index contributed by atoms with van der Waals surface area (Å²) < 4.78 is 43.1. The van der Waals surface area contributed by atoms with Crippen molar-refractivity contribution in [1.29, 1.82) is 0 Å². The molecule has 0 aliphatic carbocycles. The van der Waals surface area contributed by atoms with Crippen molar-refractivity contribution in [2.24, 2.45) is 0 Å². The van der Waals surface area contributed by atoms with E-state index in [2.05, 4.69) is 9.97 Å². The highest BCUT2D eigenvalue weighted by molar-refractivity contribution is 7.89. The van der Waals surface area contributed by atoms with Crippen LogP contribution in [0.15, 0.2) is 41.7 Å². The summed E-state index contributed by atoms with van der Waals surface area (Å²) >= 11 is 0. The zero-order valence-electron chi connectivity index (χ0n) is 14.0. The Hall–Kier alpha value is -2.39. The van der Waals surface area contributed by atoms with E-state index in [4.69, 9.17) is 14.2 Å². The quantitative estimate of drug-likeness (QED) is 0.763. The molecule has 1 fully saturated rings. The summed E-state index contributed by atoms with van der Waals surface area (Å²) in [7, 11) is -0.672. The Balaban J connectivity index is 1.75. The van der Waals surface area contributed by atoms with Crippen LogP contribution in [0.2, 0.25) is 0 Å². The number of sulfonamides is 1. The third-order valence-corrected chi connectivity index (χ3v) is 5.79. The van der Waals surface area contributed by atoms with E-state index in [1.165, 1.54) is 43.1 Å². The highest BCUT2D eigenvalue weighted by Gasteiger charge is 2.34. The molecule has 2 aromatic rings. The van der Waals surface area contributed by atoms with E-state index < -0.39 is 10.0 Å². The number of hydrogen-bond acceptors (Lipinski definition) is 7. The van der Waals surface area contributed by atoms with Crippen molar-refractivity contribution in [1.82, 2.24) is 14.3 Å². The summed E-state index contributed by atoms with van der Waals surface area (Å²) in [6, 6.07) is 4.55. The lowest BCUT2D eigenvalue weighted by Gasteiger charge is -2.18. The molecule has 0 saturated carbocycles. The fraction of sp³-hybridized carbons (Fsp3) is 0.375. The van der Waals surface area contributed by atoms with Gasteiger partial charge < -0.3 is 14.2 Å². The molecule has 1 atom stereocenters. The summed E-state index contributed by atoms with van der Waals surface area (Å²) in [6.07, 6.45) is 4.92. The lowest BCUT2D eigenvalue weighted by Crippen LogP contribution is -2.31. The predicted molar refractivity (Wildman–Crippen MR) is 89.4 cm³/mol. The van der Waals surface area contributed by atoms with Crippen molar-refractivity contribution < 1.29 is 22.6 Å². The highest BCUT2D eigenvalue weighted by atomic mass is 32.2. The van der Waals surface area contributed by atoms with Gasteiger partial charge in [-0.05, 0) is 18.6 Å². The Bertz CT molecular complexity index is 829. The van der Waals surface area contributed by atoms with Gasteiger partial charge in [0.1, 0.15) is 6.10 Å². The highest BCUT2D eigenvalue weighted by Crippen LogP contribution is 2.31. The maximum Gasteiger partial charge on any atom is 0.243 e. The molecule has 25 heavy (non-hydrogen) atoms. The molecule has 1 aromatic carbocycles. The van der Waals surface area contributed by atoms with Crippen LogP contribution in [0, 0.1) is 0 Å². The zero-order valence-corrected chi connectivity index (χ0v) is 14.8. The first-order chi connectivity index (χ1) is 12.0. The van der Waals surface area contributed by atoms with E-state index in [-0.39, 0.29) is 17.5 Å². The molecule has 0 spiro atoms. The van der Waals surface area contributed by atoms with E-state index in [9.17, 15) is 8.42 Å². The topological polar surface area (TPSA) is 90.9 Å². The molecule has 1 aliphatic heterocycles. The van der Waals surface area contributed by atoms with Gasteiger partial charge >= 0.3 is 0 Å². The van der Waals surface area contributed by atoms with Crippen molar-refractivity contribution in [3.05, 3.63) is 36.8 Å². The minimum absolute atomic E-state index is 0.158. The molecule has 1 aliphatic rings. The maximum absolute atomic E-state index is 12.8. The molecule has 2 heterocycles. The summed E-state index contributed by atoms with van der Waals surface area (Å²) in [5.74, 6) is 1.24. The Labute approximate surface area is 146 Å². The minimum Gasteiger partial charge on any atom is -0.493 e. The molecule has 0 N–H and O–H groups in total. The largest absolute Gasteiger partial charge is 0.493 e. The smallest absolute Gasteiger partial charge is 0.243 e. The monoisotopic (exact) mass is 365 g/mol. The number of ether oxygens (including phenoxy) is 3. The molecule has 0 radical (unpaired) electrons. The summed E-state index contributed by atoms with van der Waals surface area (Å²) in [6.45, 7) is 0.634. The third kappa shape index (κ3) is 3.67. The second kappa shape index (κ2) is 7.24. The van der Waals surface area contributed by atoms with Crippen LogP contribution in [-0.4, -0.2) is 56.1 Å². The van der Waals surface area contributed by atoms with Crippen molar-refractivity contribution in [3.8, 4) is 17.4 Å². The van der Waals surface area contributed by atoms with Gasteiger partial charge in [-0.1, -0.05) is 0 Å². The van der Waals surface area contributed by atoms with E-state index in [1.54, 1.807) is 12.3 Å². The van der Waals surface area contributed by atoms with Gasteiger partial charge in [0.15, 0.2) is 11.5 Å². The van der Waals surface area contributed by atoms with Gasteiger partial charge in [0, 0.05) is 25.0 Å². The standard InChI is InChI=1S/C16H19N3O5S/c1-22-14-4-3-13(9-15(14)23-2)25(20,21)19-8-5-12(11-19)24-16-10-17-6-7-18-16/h3-4,6-7,9-10,12H,5,8,11H2,1-2H3. The van der Waals surface area contributed by atoms with Crippen molar-refractivity contribution in [3.63, 3.8) is 0 Å². The molecule has 1 aromatic heterocycles. The van der Waals surface area contributed by atoms with Gasteiger partial charge in [-0.2, -0.15) is 4.31 Å². The van der Waals surface area contributed by atoms with Crippen molar-refractivity contribution >= 4 is 10.0 Å². The van der Waals surface area contributed by atoms with E-state index >= 15 is 0 Å². The Morgan fingerprint density at radius 3 is 2.64 bits per heavy atom. The first-order valence-corrected chi connectivity index (χ1v) is 9.13. The number of aromatic nitrogens is 2. The van der Waals surface area contributed by atoms with Crippen LogP contribution in [-0.2, 0) is 10.0 Å². The number of nitrogens with zero attached hydrogens (tertiary/aromatic N) is 3. The normalized spacial score (nSPS) is 18.1. The van der Waals surface area contributed by atoms with E-state index in [1.807, 2.05) is 0 Å². The molecule has 0 amide bonds. The van der Waals surface area contributed by atoms with Gasteiger partial charge in [0.2, 0.25) is 15.9 Å². The van der Waals surface area contributed by atoms with Crippen LogP contribution in [0.3, 0.4) is 0 Å². The summed E-state index contributed by atoms with van der Waals surface area (Å²) in [5, 5.41) is 0. The van der Waals surface area contributed by atoms with Crippen LogP contribution in [0.1, 0.15) is 6.42 Å². The number of methoxy groups -OCH3 is 2. The fourth-order valence-electron chi connectivity index (χ4n) is 2.66. The van der Waals surface area contributed by atoms with Gasteiger partial charge in [0.05, 0.1) is 31.9 Å². The third-order valence-electron chi connectivity index (χ3n) is 3.93. The maximum atomic E-state index is 12.8. The van der Waals surface area contributed by atoms with Crippen LogP contribution in [0.25, 0.3) is 0 Å². The van der Waals surface area contributed by atoms with Gasteiger partial charge in [-0.15, -0.1) is 0 Å². The van der Waals surface area contributed by atoms with Gasteiger partial charge in [-0.3, -0.25) is 4.98 Å². The molecule has 8 nitrogen and oxygen atoms in total. The van der Waals surface area contributed by atoms with Crippen LogP contribution in [0.5, 0.6) is 17.4 Å². The minimum atomic E-state index is -3.64. The second-order valence-corrected chi connectivity index (χ2v) is 7.39. The Morgan fingerprint density at radius 1 is 1.16 bits per heavy atom. The van der Waals surface area contributed by atoms with Crippen molar-refractivity contribution in [2.75, 3.05) is 27.3 Å². The van der Waals surface area contributed by atoms with Crippen LogP contribution in [0.4, 0.5) is 0 Å². The molecule has 3 rings (SSSR count). The average molecular weight is 365 g/mol. The van der Waals surface area contributed by atoms with E-state index in [0.717, 1.165) is 0 Å². The molecular formula is C16H19N3O5S. The zero-order chi connectivity index (χ0) is 17.9. The molecule has 134 valence electrons. The summed E-state index contributed by atoms with van der Waals surface area (Å²) in [5.41, 5.74) is 0. The number of rotatable bonds is 6. The number of benzene rings is 1. The van der Waals surface area contributed by atoms with Gasteiger partial charge in [0.25, 0.3) is 0 Å². The molecular weight excluding hydrogens is 346 g/mol.